The highest BCUT2D eigenvalue weighted by atomic mass is 16.6. The number of anilines is 1. The van der Waals surface area contributed by atoms with Gasteiger partial charge >= 0.3 is 0 Å². The molecule has 2 aromatic rings. The van der Waals surface area contributed by atoms with E-state index >= 15 is 0 Å². The number of likely N-dealkylation sites (N-methyl/N-ethyl adjacent to an activating group) is 1. The quantitative estimate of drug-likeness (QED) is 0.344. The van der Waals surface area contributed by atoms with E-state index in [1.54, 1.807) is 37.4 Å². The maximum Gasteiger partial charge on any atom is 0.277 e. The molecule has 4 atom stereocenters. The van der Waals surface area contributed by atoms with Gasteiger partial charge in [0.1, 0.15) is 0 Å². The minimum Gasteiger partial charge on any atom is -0.338 e. The van der Waals surface area contributed by atoms with E-state index in [1.165, 1.54) is 17.0 Å². The number of carbonyl (C=O) groups excluding carboxylic acids is 3. The molecule has 8 heteroatoms. The van der Waals surface area contributed by atoms with Crippen LogP contribution in [0.25, 0.3) is 10.8 Å². The van der Waals surface area contributed by atoms with Crippen LogP contribution in [0.5, 0.6) is 0 Å². The zero-order valence-electron chi connectivity index (χ0n) is 14.8. The highest BCUT2D eigenvalue weighted by Crippen LogP contribution is 2.47. The van der Waals surface area contributed by atoms with Crippen LogP contribution in [0, 0.1) is 27.9 Å². The van der Waals surface area contributed by atoms with Gasteiger partial charge in [0.15, 0.2) is 0 Å². The van der Waals surface area contributed by atoms with Crippen LogP contribution in [0.2, 0.25) is 0 Å². The number of imide groups is 1. The molecule has 2 saturated heterocycles. The second-order valence-electron chi connectivity index (χ2n) is 7.32. The summed E-state index contributed by atoms with van der Waals surface area (Å²) in [6, 6.07) is 8.93. The molecule has 0 N–H and O–H groups in total. The first kappa shape index (κ1) is 16.6. The molecule has 8 nitrogen and oxygen atoms in total. The van der Waals surface area contributed by atoms with Gasteiger partial charge in [-0.3, -0.25) is 24.5 Å². The van der Waals surface area contributed by atoms with Crippen molar-refractivity contribution in [3.8, 4) is 0 Å². The first-order valence-corrected chi connectivity index (χ1v) is 8.91. The molecule has 3 aliphatic heterocycles. The third-order valence-corrected chi connectivity index (χ3v) is 6.06. The summed E-state index contributed by atoms with van der Waals surface area (Å²) in [4.78, 5) is 52.5. The Morgan fingerprint density at radius 3 is 2.29 bits per heavy atom. The number of carbonyl (C=O) groups is 3. The molecule has 4 aliphatic rings. The largest absolute Gasteiger partial charge is 0.338 e. The predicted molar refractivity (Wildman–Crippen MR) is 99.3 cm³/mol. The van der Waals surface area contributed by atoms with Crippen molar-refractivity contribution < 1.29 is 19.3 Å². The highest BCUT2D eigenvalue weighted by molar-refractivity contribution is 6.27. The number of hydrogen-bond acceptors (Lipinski definition) is 5. The lowest BCUT2D eigenvalue weighted by Crippen LogP contribution is -2.57. The maximum atomic E-state index is 13.3. The molecule has 3 amide bonds. The smallest absolute Gasteiger partial charge is 0.277 e. The van der Waals surface area contributed by atoms with Crippen molar-refractivity contribution in [2.75, 3.05) is 11.9 Å². The third kappa shape index (κ3) is 1.91. The summed E-state index contributed by atoms with van der Waals surface area (Å²) in [5.74, 6) is -2.95. The molecule has 2 aromatic carbocycles. The Morgan fingerprint density at radius 2 is 1.57 bits per heavy atom. The Balaban J connectivity index is 1.67. The first-order chi connectivity index (χ1) is 13.4. The van der Waals surface area contributed by atoms with Crippen molar-refractivity contribution in [3.63, 3.8) is 0 Å². The molecular formula is C20H15N3O5. The lowest BCUT2D eigenvalue weighted by atomic mass is 9.70. The molecule has 140 valence electrons. The van der Waals surface area contributed by atoms with E-state index in [4.69, 9.17) is 0 Å². The Labute approximate surface area is 159 Å². The van der Waals surface area contributed by atoms with E-state index in [-0.39, 0.29) is 17.5 Å². The van der Waals surface area contributed by atoms with Crippen molar-refractivity contribution in [1.82, 2.24) is 4.90 Å². The van der Waals surface area contributed by atoms with Gasteiger partial charge in [0.25, 0.3) is 5.69 Å². The van der Waals surface area contributed by atoms with Crippen LogP contribution in [-0.2, 0) is 14.4 Å². The summed E-state index contributed by atoms with van der Waals surface area (Å²) >= 11 is 0. The zero-order valence-corrected chi connectivity index (χ0v) is 14.8. The Kier molecular flexibility index (Phi) is 3.25. The van der Waals surface area contributed by atoms with Gasteiger partial charge in [0.2, 0.25) is 17.7 Å². The molecule has 0 aromatic heterocycles. The van der Waals surface area contributed by atoms with Gasteiger partial charge in [-0.05, 0) is 12.1 Å². The molecular weight excluding hydrogens is 362 g/mol. The molecule has 2 bridgehead atoms. The lowest BCUT2D eigenvalue weighted by Gasteiger charge is -2.44. The van der Waals surface area contributed by atoms with E-state index in [0.717, 1.165) is 4.90 Å². The Morgan fingerprint density at radius 1 is 0.893 bits per heavy atom. The number of piperidine rings is 1. The number of non-ortho nitro benzene ring substituents is 1. The number of hydrogen-bond donors (Lipinski definition) is 0. The molecule has 0 unspecified atom stereocenters. The van der Waals surface area contributed by atoms with Gasteiger partial charge in [0.05, 0.1) is 39.8 Å². The summed E-state index contributed by atoms with van der Waals surface area (Å²) in [6.07, 6.45) is 3.53. The lowest BCUT2D eigenvalue weighted by molar-refractivity contribution is -0.383. The van der Waals surface area contributed by atoms with Crippen molar-refractivity contribution in [2.45, 2.75) is 6.04 Å². The van der Waals surface area contributed by atoms with Crippen LogP contribution in [0.3, 0.4) is 0 Å². The summed E-state index contributed by atoms with van der Waals surface area (Å²) in [5, 5.41) is 12.2. The zero-order chi connectivity index (χ0) is 19.7. The number of amides is 3. The molecule has 0 spiro atoms. The van der Waals surface area contributed by atoms with Gasteiger partial charge < -0.3 is 4.90 Å². The van der Waals surface area contributed by atoms with Crippen molar-refractivity contribution in [2.24, 2.45) is 17.8 Å². The number of nitro groups is 1. The van der Waals surface area contributed by atoms with Crippen molar-refractivity contribution in [1.29, 1.82) is 0 Å². The van der Waals surface area contributed by atoms with E-state index in [2.05, 4.69) is 0 Å². The van der Waals surface area contributed by atoms with E-state index < -0.39 is 34.6 Å². The second-order valence-corrected chi connectivity index (χ2v) is 7.32. The number of fused-ring (bicyclic) bond motifs is 2. The fourth-order valence-electron chi connectivity index (χ4n) is 4.77. The number of nitro benzene ring substituents is 1. The minimum atomic E-state index is -0.722. The van der Waals surface area contributed by atoms with Gasteiger partial charge in [-0.1, -0.05) is 30.4 Å². The highest BCUT2D eigenvalue weighted by Gasteiger charge is 2.61. The Bertz CT molecular complexity index is 1120. The molecule has 2 fully saturated rings. The van der Waals surface area contributed by atoms with Gasteiger partial charge in [-0.2, -0.15) is 0 Å². The number of nitrogens with zero attached hydrogens (tertiary/aromatic N) is 3. The van der Waals surface area contributed by atoms with Crippen molar-refractivity contribution >= 4 is 39.9 Å². The fourth-order valence-corrected chi connectivity index (χ4v) is 4.77. The normalized spacial score (nSPS) is 28.4. The van der Waals surface area contributed by atoms with Crippen LogP contribution in [0.1, 0.15) is 0 Å². The van der Waals surface area contributed by atoms with Crippen molar-refractivity contribution in [3.05, 3.63) is 58.7 Å². The SMILES string of the molecule is CN1C(=O)[C@@H]2C=C[C@H]1[C@@H]1C(=O)N(c3ccc([N+](=O)[O-])c4ccccc34)C(=O)[C@@H]12. The molecule has 3 heterocycles. The van der Waals surface area contributed by atoms with E-state index in [1.807, 2.05) is 6.08 Å². The van der Waals surface area contributed by atoms with E-state index in [9.17, 15) is 24.5 Å². The van der Waals surface area contributed by atoms with Gasteiger partial charge in [0, 0.05) is 18.5 Å². The topological polar surface area (TPSA) is 101 Å². The summed E-state index contributed by atoms with van der Waals surface area (Å²) in [6.45, 7) is 0. The van der Waals surface area contributed by atoms with Crippen LogP contribution >= 0.6 is 0 Å². The molecule has 28 heavy (non-hydrogen) atoms. The van der Waals surface area contributed by atoms with Crippen LogP contribution in [0.15, 0.2) is 48.6 Å². The Hall–Kier alpha value is -3.55. The standard InChI is InChI=1S/C20H15N3O5/c1-21-15-7-6-12(18(21)24)16-17(15)20(26)22(19(16)25)13-8-9-14(23(27)28)11-5-3-2-4-10(11)13/h2-9,12,15-17H,1H3/t12-,15+,16-,17+/m1/s1. The molecule has 0 saturated carbocycles. The van der Waals surface area contributed by atoms with Crippen LogP contribution in [-0.4, -0.2) is 40.6 Å². The molecule has 1 aliphatic carbocycles. The summed E-state index contributed by atoms with van der Waals surface area (Å²) in [7, 11) is 1.64. The monoisotopic (exact) mass is 377 g/mol. The second kappa shape index (κ2) is 5.48. The van der Waals surface area contributed by atoms with E-state index in [0.29, 0.717) is 16.5 Å². The van der Waals surface area contributed by atoms with Gasteiger partial charge in [-0.15, -0.1) is 0 Å². The summed E-state index contributed by atoms with van der Waals surface area (Å²) < 4.78 is 0. The third-order valence-electron chi connectivity index (χ3n) is 6.06. The average Bonchev–Trinajstić information content (AvgIpc) is 2.96. The van der Waals surface area contributed by atoms with Gasteiger partial charge in [-0.25, -0.2) is 4.90 Å². The average molecular weight is 377 g/mol. The number of rotatable bonds is 2. The van der Waals surface area contributed by atoms with Crippen LogP contribution in [0.4, 0.5) is 11.4 Å². The summed E-state index contributed by atoms with van der Waals surface area (Å²) in [5.41, 5.74) is 0.229. The maximum absolute atomic E-state index is 13.3. The minimum absolute atomic E-state index is 0.0903. The van der Waals surface area contributed by atoms with Crippen LogP contribution < -0.4 is 4.90 Å². The molecule has 0 radical (unpaired) electrons. The fraction of sp³-hybridized carbons (Fsp3) is 0.250. The molecule has 6 rings (SSSR count). The first-order valence-electron chi connectivity index (χ1n) is 8.91. The number of benzene rings is 2. The predicted octanol–water partition coefficient (Wildman–Crippen LogP) is 1.88.